The maximum absolute atomic E-state index is 11.2. The molecule has 2 rings (SSSR count). The molecule has 0 aliphatic rings. The number of aromatic amines is 1. The van der Waals surface area contributed by atoms with Gasteiger partial charge >= 0.3 is 5.69 Å². The van der Waals surface area contributed by atoms with Crippen LogP contribution in [0.2, 0.25) is 5.02 Å². The van der Waals surface area contributed by atoms with E-state index in [1.54, 1.807) is 25.3 Å². The quantitative estimate of drug-likeness (QED) is 0.802. The zero-order valence-corrected chi connectivity index (χ0v) is 9.27. The van der Waals surface area contributed by atoms with E-state index in [0.717, 1.165) is 5.56 Å². The number of aryl methyl sites for hydroxylation is 1. The lowest BCUT2D eigenvalue weighted by atomic mass is 10.2. The summed E-state index contributed by atoms with van der Waals surface area (Å²) in [6, 6.07) is 7.18. The van der Waals surface area contributed by atoms with Gasteiger partial charge in [0.1, 0.15) is 0 Å². The number of halogens is 1. The highest BCUT2D eigenvalue weighted by Gasteiger charge is 1.99. The second-order valence-electron chi connectivity index (χ2n) is 3.19. The van der Waals surface area contributed by atoms with Crippen molar-refractivity contribution in [2.24, 2.45) is 5.10 Å². The fraction of sp³-hybridized carbons (Fsp3) is 0.100. The first-order chi connectivity index (χ1) is 7.66. The second-order valence-corrected chi connectivity index (χ2v) is 3.62. The van der Waals surface area contributed by atoms with Crippen molar-refractivity contribution >= 4 is 17.8 Å². The Labute approximate surface area is 96.4 Å². The minimum atomic E-state index is -0.365. The number of rotatable bonds is 2. The van der Waals surface area contributed by atoms with Crippen molar-refractivity contribution in [3.05, 3.63) is 51.2 Å². The average Bonchev–Trinajstić information content (AvgIpc) is 2.56. The summed E-state index contributed by atoms with van der Waals surface area (Å²) in [4.78, 5) is 11.2. The van der Waals surface area contributed by atoms with Crippen molar-refractivity contribution in [3.8, 4) is 0 Å². The highest BCUT2D eigenvalue weighted by Crippen LogP contribution is 2.08. The number of nitrogens with one attached hydrogen (secondary N) is 1. The monoisotopic (exact) mass is 236 g/mol. The summed E-state index contributed by atoms with van der Waals surface area (Å²) in [6.07, 6.45) is 1.55. The van der Waals surface area contributed by atoms with Crippen LogP contribution in [0, 0.1) is 6.92 Å². The van der Waals surface area contributed by atoms with Crippen molar-refractivity contribution < 1.29 is 0 Å². The fourth-order valence-corrected chi connectivity index (χ4v) is 1.42. The molecule has 0 aliphatic heterocycles. The smallest absolute Gasteiger partial charge is 0.244 e. The summed E-state index contributed by atoms with van der Waals surface area (Å²) in [6.45, 7) is 1.69. The van der Waals surface area contributed by atoms with E-state index in [0.29, 0.717) is 10.8 Å². The van der Waals surface area contributed by atoms with Crippen LogP contribution in [0.3, 0.4) is 0 Å². The third-order valence-corrected chi connectivity index (χ3v) is 2.22. The Bertz CT molecular complexity index is 585. The SMILES string of the molecule is Cc1n[nH]c(=O)n1/N=C/c1cccc(Cl)c1. The normalized spacial score (nSPS) is 11.1. The summed E-state index contributed by atoms with van der Waals surface area (Å²) in [7, 11) is 0. The van der Waals surface area contributed by atoms with Crippen molar-refractivity contribution in [1.29, 1.82) is 0 Å². The predicted octanol–water partition coefficient (Wildman–Crippen LogP) is 1.42. The van der Waals surface area contributed by atoms with E-state index in [2.05, 4.69) is 15.3 Å². The summed E-state index contributed by atoms with van der Waals surface area (Å²) < 4.78 is 1.18. The lowest BCUT2D eigenvalue weighted by Gasteiger charge is -1.94. The van der Waals surface area contributed by atoms with Gasteiger partial charge in [0, 0.05) is 5.02 Å². The third-order valence-electron chi connectivity index (χ3n) is 1.98. The Balaban J connectivity index is 2.32. The number of aromatic nitrogens is 3. The van der Waals surface area contributed by atoms with Gasteiger partial charge in [-0.1, -0.05) is 23.7 Å². The molecule has 0 atom stereocenters. The maximum Gasteiger partial charge on any atom is 0.364 e. The summed E-state index contributed by atoms with van der Waals surface area (Å²) in [5.41, 5.74) is 0.454. The first-order valence-electron chi connectivity index (χ1n) is 4.61. The second kappa shape index (κ2) is 4.32. The highest BCUT2D eigenvalue weighted by molar-refractivity contribution is 6.30. The van der Waals surface area contributed by atoms with E-state index < -0.39 is 0 Å². The van der Waals surface area contributed by atoms with Gasteiger partial charge in [-0.05, 0) is 24.6 Å². The molecule has 0 spiro atoms. The van der Waals surface area contributed by atoms with E-state index in [9.17, 15) is 4.79 Å². The first-order valence-corrected chi connectivity index (χ1v) is 4.98. The van der Waals surface area contributed by atoms with Gasteiger partial charge in [-0.15, -0.1) is 0 Å². The molecule has 16 heavy (non-hydrogen) atoms. The molecule has 0 bridgehead atoms. The largest absolute Gasteiger partial charge is 0.364 e. The molecular formula is C10H9ClN4O. The Morgan fingerprint density at radius 3 is 3.00 bits per heavy atom. The van der Waals surface area contributed by atoms with E-state index in [1.807, 2.05) is 12.1 Å². The van der Waals surface area contributed by atoms with Crippen LogP contribution in [0.4, 0.5) is 0 Å². The van der Waals surface area contributed by atoms with Crippen LogP contribution >= 0.6 is 11.6 Å². The van der Waals surface area contributed by atoms with E-state index in [4.69, 9.17) is 11.6 Å². The molecule has 0 saturated heterocycles. The predicted molar refractivity (Wildman–Crippen MR) is 62.0 cm³/mol. The van der Waals surface area contributed by atoms with Gasteiger partial charge in [-0.2, -0.15) is 14.9 Å². The van der Waals surface area contributed by atoms with Crippen LogP contribution < -0.4 is 5.69 Å². The third kappa shape index (κ3) is 2.20. The van der Waals surface area contributed by atoms with Crippen LogP contribution in [-0.4, -0.2) is 21.1 Å². The Hall–Kier alpha value is -1.88. The van der Waals surface area contributed by atoms with Gasteiger partial charge in [-0.25, -0.2) is 9.89 Å². The molecule has 0 amide bonds. The van der Waals surface area contributed by atoms with Gasteiger partial charge in [0.2, 0.25) is 0 Å². The van der Waals surface area contributed by atoms with Gasteiger partial charge < -0.3 is 0 Å². The van der Waals surface area contributed by atoms with Crippen molar-refractivity contribution in [1.82, 2.24) is 14.9 Å². The van der Waals surface area contributed by atoms with Gasteiger partial charge in [0.15, 0.2) is 5.82 Å². The zero-order valence-electron chi connectivity index (χ0n) is 8.51. The molecule has 6 heteroatoms. The molecule has 1 heterocycles. The molecule has 2 aromatic rings. The van der Waals surface area contributed by atoms with E-state index in [1.165, 1.54) is 4.68 Å². The molecule has 0 saturated carbocycles. The number of nitrogens with zero attached hydrogens (tertiary/aromatic N) is 3. The fourth-order valence-electron chi connectivity index (χ4n) is 1.22. The number of hydrogen-bond donors (Lipinski definition) is 1. The summed E-state index contributed by atoms with van der Waals surface area (Å²) >= 11 is 5.82. The lowest BCUT2D eigenvalue weighted by Crippen LogP contribution is -2.13. The lowest BCUT2D eigenvalue weighted by molar-refractivity contribution is 0.800. The first kappa shape index (κ1) is 10.6. The standard InChI is InChI=1S/C10H9ClN4O/c1-7-13-14-10(16)15(7)12-6-8-3-2-4-9(11)5-8/h2-6H,1H3,(H,14,16)/b12-6+. The molecule has 0 unspecified atom stereocenters. The molecular weight excluding hydrogens is 228 g/mol. The molecule has 1 aromatic heterocycles. The number of hydrogen-bond acceptors (Lipinski definition) is 3. The van der Waals surface area contributed by atoms with E-state index >= 15 is 0 Å². The molecule has 1 aromatic carbocycles. The average molecular weight is 237 g/mol. The van der Waals surface area contributed by atoms with Crippen molar-refractivity contribution in [2.75, 3.05) is 0 Å². The highest BCUT2D eigenvalue weighted by atomic mass is 35.5. The van der Waals surface area contributed by atoms with Crippen molar-refractivity contribution in [2.45, 2.75) is 6.92 Å². The van der Waals surface area contributed by atoms with Crippen LogP contribution in [0.15, 0.2) is 34.2 Å². The van der Waals surface area contributed by atoms with Crippen LogP contribution in [-0.2, 0) is 0 Å². The minimum Gasteiger partial charge on any atom is -0.244 e. The Morgan fingerprint density at radius 2 is 2.38 bits per heavy atom. The molecule has 82 valence electrons. The minimum absolute atomic E-state index is 0.365. The van der Waals surface area contributed by atoms with Crippen LogP contribution in [0.1, 0.15) is 11.4 Å². The molecule has 0 fully saturated rings. The summed E-state index contributed by atoms with van der Waals surface area (Å²) in [5.74, 6) is 0.503. The summed E-state index contributed by atoms with van der Waals surface area (Å²) in [5, 5.41) is 10.7. The van der Waals surface area contributed by atoms with Gasteiger partial charge in [0.25, 0.3) is 0 Å². The number of benzene rings is 1. The molecule has 0 aliphatic carbocycles. The molecule has 5 nitrogen and oxygen atoms in total. The zero-order chi connectivity index (χ0) is 11.5. The van der Waals surface area contributed by atoms with E-state index in [-0.39, 0.29) is 5.69 Å². The molecule has 0 radical (unpaired) electrons. The van der Waals surface area contributed by atoms with Crippen molar-refractivity contribution in [3.63, 3.8) is 0 Å². The Morgan fingerprint density at radius 1 is 1.56 bits per heavy atom. The topological polar surface area (TPSA) is 63.0 Å². The Kier molecular flexibility index (Phi) is 2.87. The van der Waals surface area contributed by atoms with Crippen LogP contribution in [0.5, 0.6) is 0 Å². The van der Waals surface area contributed by atoms with Gasteiger partial charge in [-0.3, -0.25) is 0 Å². The maximum atomic E-state index is 11.2. The van der Waals surface area contributed by atoms with Crippen LogP contribution in [0.25, 0.3) is 0 Å². The van der Waals surface area contributed by atoms with Gasteiger partial charge in [0.05, 0.1) is 6.21 Å². The molecule has 1 N–H and O–H groups in total. The number of H-pyrrole nitrogens is 1.